The second-order valence-corrected chi connectivity index (χ2v) is 14.4. The summed E-state index contributed by atoms with van der Waals surface area (Å²) < 4.78 is 0. The summed E-state index contributed by atoms with van der Waals surface area (Å²) in [6.07, 6.45) is 0. The lowest BCUT2D eigenvalue weighted by atomic mass is 9.34. The van der Waals surface area contributed by atoms with E-state index in [0.717, 1.165) is 33.1 Å². The topological polar surface area (TPSA) is 131 Å². The molecule has 12 nitrogen and oxygen atoms in total. The van der Waals surface area contributed by atoms with Crippen molar-refractivity contribution in [1.82, 2.24) is 60.6 Å². The van der Waals surface area contributed by atoms with Crippen molar-refractivity contribution in [3.8, 4) is 34.2 Å². The fraction of sp³-hybridized carbons (Fsp3) is 0.364. The number of hydrogen-bond donors (Lipinski definition) is 0. The van der Waals surface area contributed by atoms with Crippen LogP contribution in [0.15, 0.2) is 72.8 Å². The van der Waals surface area contributed by atoms with Crippen LogP contribution in [0.5, 0.6) is 0 Å². The van der Waals surface area contributed by atoms with E-state index in [4.69, 9.17) is 15.3 Å². The highest BCUT2D eigenvalue weighted by molar-refractivity contribution is 6.97. The summed E-state index contributed by atoms with van der Waals surface area (Å²) in [5, 5.41) is 41.2. The molecule has 0 aliphatic rings. The zero-order chi connectivity index (χ0) is 32.9. The van der Waals surface area contributed by atoms with Crippen molar-refractivity contribution in [3.05, 3.63) is 72.8 Å². The minimum atomic E-state index is -0.326. The zero-order valence-electron chi connectivity index (χ0n) is 27.9. The largest absolute Gasteiger partial charge is 0.244 e. The van der Waals surface area contributed by atoms with Crippen LogP contribution in [-0.2, 0) is 16.6 Å². The molecule has 0 atom stereocenters. The molecule has 6 rings (SSSR count). The first-order valence-corrected chi connectivity index (χ1v) is 15.4. The van der Waals surface area contributed by atoms with Gasteiger partial charge < -0.3 is 0 Å². The van der Waals surface area contributed by atoms with Gasteiger partial charge in [-0.05, 0) is 78.0 Å². The molecule has 0 amide bonds. The molecule has 0 fully saturated rings. The van der Waals surface area contributed by atoms with Crippen LogP contribution in [0.4, 0.5) is 0 Å². The highest BCUT2D eigenvalue weighted by atomic mass is 15.6. The van der Waals surface area contributed by atoms with Crippen LogP contribution < -0.4 is 16.4 Å². The molecule has 234 valence electrons. The number of tetrazole rings is 3. The van der Waals surface area contributed by atoms with Crippen LogP contribution in [0, 0.1) is 0 Å². The van der Waals surface area contributed by atoms with Crippen molar-refractivity contribution < 1.29 is 0 Å². The summed E-state index contributed by atoms with van der Waals surface area (Å²) >= 11 is 0. The van der Waals surface area contributed by atoms with E-state index < -0.39 is 0 Å². The Hall–Kier alpha value is -5.07. The molecule has 0 N–H and O–H groups in total. The van der Waals surface area contributed by atoms with Gasteiger partial charge in [-0.1, -0.05) is 89.2 Å². The highest BCUT2D eigenvalue weighted by Gasteiger charge is 2.33. The Labute approximate surface area is 269 Å². The predicted molar refractivity (Wildman–Crippen MR) is 179 cm³/mol. The molecular weight excluding hydrogens is 575 g/mol. The summed E-state index contributed by atoms with van der Waals surface area (Å²) in [6.45, 7) is 18.1. The SMILES string of the molecule is CC(C)(C)n1nnc(-c2ccccc2B(c2ccccc2-c2nnn(C(C)(C)C)n2)c2ccccc2-c2nnn(C(C)(C)C)n2)n1. The van der Waals surface area contributed by atoms with Crippen LogP contribution in [0.25, 0.3) is 34.2 Å². The van der Waals surface area contributed by atoms with E-state index in [2.05, 4.69) is 111 Å². The fourth-order valence-corrected chi connectivity index (χ4v) is 5.18. The maximum atomic E-state index is 4.82. The van der Waals surface area contributed by atoms with Crippen molar-refractivity contribution in [1.29, 1.82) is 0 Å². The number of benzene rings is 3. The van der Waals surface area contributed by atoms with Gasteiger partial charge in [0.25, 0.3) is 0 Å². The molecular formula is C33H39BN12. The van der Waals surface area contributed by atoms with Gasteiger partial charge in [0.1, 0.15) is 0 Å². The second kappa shape index (κ2) is 11.4. The minimum Gasteiger partial charge on any atom is -0.158 e. The van der Waals surface area contributed by atoms with Gasteiger partial charge in [0.2, 0.25) is 24.2 Å². The second-order valence-electron chi connectivity index (χ2n) is 14.4. The molecule has 3 heterocycles. The minimum absolute atomic E-state index is 0.326. The molecule has 0 saturated carbocycles. The first kappa shape index (κ1) is 30.9. The van der Waals surface area contributed by atoms with Crippen LogP contribution in [0.2, 0.25) is 0 Å². The van der Waals surface area contributed by atoms with Crippen LogP contribution in [0.1, 0.15) is 62.3 Å². The number of nitrogens with zero attached hydrogens (tertiary/aromatic N) is 12. The molecule has 3 aromatic heterocycles. The van der Waals surface area contributed by atoms with Gasteiger partial charge in [0, 0.05) is 16.7 Å². The van der Waals surface area contributed by atoms with Gasteiger partial charge >= 0.3 is 0 Å². The molecule has 0 spiro atoms. The molecule has 6 aromatic rings. The van der Waals surface area contributed by atoms with Gasteiger partial charge in [-0.15, -0.1) is 30.6 Å². The third-order valence-electron chi connectivity index (χ3n) is 7.58. The molecule has 3 aromatic carbocycles. The van der Waals surface area contributed by atoms with Crippen molar-refractivity contribution in [2.24, 2.45) is 0 Å². The number of aromatic nitrogens is 12. The van der Waals surface area contributed by atoms with E-state index >= 15 is 0 Å². The first-order valence-electron chi connectivity index (χ1n) is 15.4. The van der Waals surface area contributed by atoms with Crippen molar-refractivity contribution in [3.63, 3.8) is 0 Å². The highest BCUT2D eigenvalue weighted by Crippen LogP contribution is 2.22. The lowest BCUT2D eigenvalue weighted by Crippen LogP contribution is -2.54. The van der Waals surface area contributed by atoms with E-state index in [1.807, 2.05) is 54.6 Å². The zero-order valence-corrected chi connectivity index (χ0v) is 27.9. The van der Waals surface area contributed by atoms with Crippen molar-refractivity contribution in [2.45, 2.75) is 78.9 Å². The molecule has 0 bridgehead atoms. The van der Waals surface area contributed by atoms with E-state index in [9.17, 15) is 0 Å². The van der Waals surface area contributed by atoms with Gasteiger partial charge in [0.05, 0.1) is 16.6 Å². The quantitative estimate of drug-likeness (QED) is 0.259. The monoisotopic (exact) mass is 614 g/mol. The molecule has 13 heteroatoms. The Kier molecular flexibility index (Phi) is 7.65. The van der Waals surface area contributed by atoms with Crippen molar-refractivity contribution in [2.75, 3.05) is 0 Å². The fourth-order valence-electron chi connectivity index (χ4n) is 5.18. The van der Waals surface area contributed by atoms with E-state index in [1.165, 1.54) is 0 Å². The molecule has 0 saturated heterocycles. The van der Waals surface area contributed by atoms with Crippen LogP contribution in [0.3, 0.4) is 0 Å². The van der Waals surface area contributed by atoms with Crippen molar-refractivity contribution >= 4 is 23.1 Å². The molecule has 0 radical (unpaired) electrons. The van der Waals surface area contributed by atoms with E-state index in [-0.39, 0.29) is 23.3 Å². The lowest BCUT2D eigenvalue weighted by molar-refractivity contribution is 0.306. The van der Waals surface area contributed by atoms with Gasteiger partial charge in [0.15, 0.2) is 0 Å². The summed E-state index contributed by atoms with van der Waals surface area (Å²) in [5.74, 6) is 1.62. The molecule has 0 aliphatic heterocycles. The third-order valence-corrected chi connectivity index (χ3v) is 7.58. The average molecular weight is 615 g/mol. The summed E-state index contributed by atoms with van der Waals surface area (Å²) in [6, 6.07) is 24.6. The molecule has 0 aliphatic carbocycles. The summed E-state index contributed by atoms with van der Waals surface area (Å²) in [7, 11) is 0. The van der Waals surface area contributed by atoms with E-state index in [1.54, 1.807) is 14.4 Å². The van der Waals surface area contributed by atoms with Gasteiger partial charge in [-0.3, -0.25) is 0 Å². The Balaban J connectivity index is 1.62. The average Bonchev–Trinajstić information content (AvgIpc) is 3.79. The van der Waals surface area contributed by atoms with Crippen LogP contribution in [-0.4, -0.2) is 67.3 Å². The smallest absolute Gasteiger partial charge is 0.158 e. The van der Waals surface area contributed by atoms with Gasteiger partial charge in [-0.25, -0.2) is 0 Å². The normalized spacial score (nSPS) is 12.5. The number of rotatable bonds is 6. The van der Waals surface area contributed by atoms with Crippen LogP contribution >= 0.6 is 0 Å². The Morgan fingerprint density at radius 2 is 0.674 bits per heavy atom. The maximum Gasteiger partial charge on any atom is 0.244 e. The standard InChI is InChI=1S/C33H39BN12/c1-31(2,3)44-38-28(35-41-44)22-16-10-13-19-25(22)34(26-20-14-11-17-23(26)29-36-42-45(39-29)32(4,5)6)27-21-15-12-18-24(27)30-37-43-46(40-30)33(7,8)9/h10-21H,1-9H3. The predicted octanol–water partition coefficient (Wildman–Crippen LogP) is 3.43. The Bertz CT molecular complexity index is 1760. The molecule has 0 unspecified atom stereocenters. The Morgan fingerprint density at radius 3 is 0.913 bits per heavy atom. The summed E-state index contributed by atoms with van der Waals surface area (Å²) in [4.78, 5) is 4.96. The Morgan fingerprint density at radius 1 is 0.413 bits per heavy atom. The van der Waals surface area contributed by atoms with E-state index in [0.29, 0.717) is 17.5 Å². The summed E-state index contributed by atoms with van der Waals surface area (Å²) in [5.41, 5.74) is 4.59. The van der Waals surface area contributed by atoms with Gasteiger partial charge in [-0.2, -0.15) is 14.4 Å². The lowest BCUT2D eigenvalue weighted by Gasteiger charge is -2.22. The first-order chi connectivity index (χ1) is 21.7. The molecule has 46 heavy (non-hydrogen) atoms. The maximum absolute atomic E-state index is 4.82. The number of hydrogen-bond acceptors (Lipinski definition) is 9. The third kappa shape index (κ3) is 5.96.